The molecule has 3 aliphatic heterocycles. The molecule has 0 aromatic heterocycles. The van der Waals surface area contributed by atoms with E-state index in [9.17, 15) is 4.79 Å². The lowest BCUT2D eigenvalue weighted by molar-refractivity contribution is -0.194. The summed E-state index contributed by atoms with van der Waals surface area (Å²) in [4.78, 5) is 11.7. The first kappa shape index (κ1) is 8.64. The Balaban J connectivity index is 2.03. The van der Waals surface area contributed by atoms with E-state index in [-0.39, 0.29) is 18.2 Å². The lowest BCUT2D eigenvalue weighted by Gasteiger charge is -2.27. The molecule has 0 saturated carbocycles. The second-order valence-corrected chi connectivity index (χ2v) is 4.50. The van der Waals surface area contributed by atoms with Crippen LogP contribution in [-0.4, -0.2) is 42.7 Å². The van der Waals surface area contributed by atoms with E-state index in [0.29, 0.717) is 13.1 Å². The minimum Gasteiger partial charge on any atom is -0.456 e. The van der Waals surface area contributed by atoms with Crippen LogP contribution in [0.3, 0.4) is 0 Å². The van der Waals surface area contributed by atoms with Crippen LogP contribution in [0.4, 0.5) is 0 Å². The Morgan fingerprint density at radius 2 is 2.29 bits per heavy atom. The van der Waals surface area contributed by atoms with E-state index in [1.165, 1.54) is 0 Å². The van der Waals surface area contributed by atoms with Gasteiger partial charge in [-0.2, -0.15) is 0 Å². The van der Waals surface area contributed by atoms with Crippen molar-refractivity contribution in [1.29, 1.82) is 0 Å². The molecule has 0 amide bonds. The molecule has 0 spiro atoms. The number of esters is 1. The number of carbonyl (C=O) groups is 1. The van der Waals surface area contributed by atoms with Gasteiger partial charge >= 0.3 is 5.97 Å². The van der Waals surface area contributed by atoms with Crippen molar-refractivity contribution in [2.45, 2.75) is 37.4 Å². The van der Waals surface area contributed by atoms with Gasteiger partial charge in [0.1, 0.15) is 12.2 Å². The highest BCUT2D eigenvalue weighted by atomic mass is 16.8. The molecule has 0 radical (unpaired) electrons. The Kier molecular flexibility index (Phi) is 1.41. The normalized spacial score (nSPS) is 48.9. The lowest BCUT2D eigenvalue weighted by atomic mass is 9.93. The molecule has 3 heterocycles. The number of carbonyl (C=O) groups excluding carboxylic acids is 1. The molecule has 3 fully saturated rings. The summed E-state index contributed by atoms with van der Waals surface area (Å²) in [5.41, 5.74) is -0.896. The van der Waals surface area contributed by atoms with Crippen LogP contribution in [-0.2, 0) is 19.0 Å². The molecule has 3 aliphatic rings. The first-order chi connectivity index (χ1) is 6.54. The Morgan fingerprint density at radius 1 is 1.50 bits per heavy atom. The van der Waals surface area contributed by atoms with E-state index >= 15 is 0 Å². The summed E-state index contributed by atoms with van der Waals surface area (Å²) in [6, 6.07) is 0. The van der Waals surface area contributed by atoms with E-state index in [0.717, 1.165) is 0 Å². The second-order valence-electron chi connectivity index (χ2n) is 4.50. The minimum atomic E-state index is -0.896. The molecule has 5 nitrogen and oxygen atoms in total. The summed E-state index contributed by atoms with van der Waals surface area (Å²) < 4.78 is 16.6. The third kappa shape index (κ3) is 0.872. The fourth-order valence-electron chi connectivity index (χ4n) is 2.51. The largest absolute Gasteiger partial charge is 0.456 e. The zero-order chi connectivity index (χ0) is 9.97. The van der Waals surface area contributed by atoms with Crippen LogP contribution in [0, 0.1) is 0 Å². The van der Waals surface area contributed by atoms with Gasteiger partial charge in [-0.15, -0.1) is 0 Å². The Labute approximate surface area is 81.7 Å². The van der Waals surface area contributed by atoms with Crippen LogP contribution >= 0.6 is 0 Å². The van der Waals surface area contributed by atoms with Gasteiger partial charge in [-0.25, -0.2) is 4.79 Å². The van der Waals surface area contributed by atoms with Gasteiger partial charge in [-0.3, -0.25) is 0 Å². The van der Waals surface area contributed by atoms with Crippen molar-refractivity contribution < 1.29 is 19.0 Å². The quantitative estimate of drug-likeness (QED) is 0.528. The van der Waals surface area contributed by atoms with Gasteiger partial charge in [0.05, 0.1) is 0 Å². The predicted molar refractivity (Wildman–Crippen MR) is 45.5 cm³/mol. The summed E-state index contributed by atoms with van der Waals surface area (Å²) in [5, 5.41) is 3.13. The molecule has 3 atom stereocenters. The van der Waals surface area contributed by atoms with Crippen molar-refractivity contribution in [2.24, 2.45) is 0 Å². The summed E-state index contributed by atoms with van der Waals surface area (Å²) >= 11 is 0. The minimum absolute atomic E-state index is 0.196. The van der Waals surface area contributed by atoms with Crippen molar-refractivity contribution in [2.75, 3.05) is 13.1 Å². The average Bonchev–Trinajstić information content (AvgIpc) is 2.40. The van der Waals surface area contributed by atoms with E-state index < -0.39 is 11.4 Å². The number of nitrogens with one attached hydrogen (secondary N) is 1. The van der Waals surface area contributed by atoms with E-state index in [4.69, 9.17) is 14.2 Å². The number of hydrogen-bond donors (Lipinski definition) is 1. The topological polar surface area (TPSA) is 56.8 Å². The highest BCUT2D eigenvalue weighted by molar-refractivity contribution is 5.84. The van der Waals surface area contributed by atoms with Gasteiger partial charge in [0.2, 0.25) is 5.60 Å². The molecule has 78 valence electrons. The SMILES string of the molecule is CC1(C)OC2C3CNCC2(O1)C(=O)O3. The highest BCUT2D eigenvalue weighted by Gasteiger charge is 2.68. The molecule has 0 aliphatic carbocycles. The van der Waals surface area contributed by atoms with Gasteiger partial charge in [0, 0.05) is 13.1 Å². The van der Waals surface area contributed by atoms with Crippen molar-refractivity contribution in [1.82, 2.24) is 5.32 Å². The van der Waals surface area contributed by atoms with Gasteiger partial charge in [-0.05, 0) is 13.8 Å². The zero-order valence-corrected chi connectivity index (χ0v) is 8.20. The molecule has 14 heavy (non-hydrogen) atoms. The van der Waals surface area contributed by atoms with Crippen LogP contribution in [0.2, 0.25) is 0 Å². The fourth-order valence-corrected chi connectivity index (χ4v) is 2.51. The fraction of sp³-hybridized carbons (Fsp3) is 0.889. The molecule has 5 heteroatoms. The smallest absolute Gasteiger partial charge is 0.343 e. The number of ether oxygens (including phenoxy) is 3. The van der Waals surface area contributed by atoms with Crippen molar-refractivity contribution in [3.8, 4) is 0 Å². The van der Waals surface area contributed by atoms with Gasteiger partial charge in [0.15, 0.2) is 5.79 Å². The first-order valence-electron chi connectivity index (χ1n) is 4.83. The van der Waals surface area contributed by atoms with Crippen LogP contribution in [0.15, 0.2) is 0 Å². The standard InChI is InChI=1S/C9H13NO4/c1-8(2)13-6-5-3-10-4-9(6,14-8)7(11)12-5/h5-6,10H,3-4H2,1-2H3. The summed E-state index contributed by atoms with van der Waals surface area (Å²) in [6.45, 7) is 4.78. The zero-order valence-electron chi connectivity index (χ0n) is 8.20. The Morgan fingerprint density at radius 3 is 3.00 bits per heavy atom. The van der Waals surface area contributed by atoms with Crippen LogP contribution in [0.1, 0.15) is 13.8 Å². The number of hydrogen-bond acceptors (Lipinski definition) is 5. The summed E-state index contributed by atoms with van der Waals surface area (Å²) in [6.07, 6.45) is -0.440. The number of rotatable bonds is 0. The summed E-state index contributed by atoms with van der Waals surface area (Å²) in [7, 11) is 0. The molecule has 3 unspecified atom stereocenters. The molecule has 2 bridgehead atoms. The number of piperidine rings is 1. The molecule has 0 aromatic carbocycles. The van der Waals surface area contributed by atoms with Crippen LogP contribution in [0.5, 0.6) is 0 Å². The highest BCUT2D eigenvalue weighted by Crippen LogP contribution is 2.45. The first-order valence-corrected chi connectivity index (χ1v) is 4.83. The van der Waals surface area contributed by atoms with Crippen LogP contribution in [0.25, 0.3) is 0 Å². The monoisotopic (exact) mass is 199 g/mol. The second kappa shape index (κ2) is 2.29. The Hall–Kier alpha value is -0.650. The average molecular weight is 199 g/mol. The maximum atomic E-state index is 11.7. The van der Waals surface area contributed by atoms with Crippen LogP contribution < -0.4 is 5.32 Å². The van der Waals surface area contributed by atoms with Gasteiger partial charge < -0.3 is 19.5 Å². The maximum Gasteiger partial charge on any atom is 0.343 e. The summed E-state index contributed by atoms with van der Waals surface area (Å²) in [5.74, 6) is -0.975. The third-order valence-electron chi connectivity index (χ3n) is 2.97. The molecule has 0 aromatic rings. The van der Waals surface area contributed by atoms with E-state index in [2.05, 4.69) is 5.32 Å². The van der Waals surface area contributed by atoms with Crippen molar-refractivity contribution in [3.05, 3.63) is 0 Å². The van der Waals surface area contributed by atoms with Crippen molar-refractivity contribution in [3.63, 3.8) is 0 Å². The lowest BCUT2D eigenvalue weighted by Crippen LogP contribution is -2.57. The molecular weight excluding hydrogens is 186 g/mol. The molecule has 3 saturated heterocycles. The van der Waals surface area contributed by atoms with E-state index in [1.807, 2.05) is 13.8 Å². The van der Waals surface area contributed by atoms with E-state index in [1.54, 1.807) is 0 Å². The maximum absolute atomic E-state index is 11.7. The predicted octanol–water partition coefficient (Wildman–Crippen LogP) is -0.595. The Bertz CT molecular complexity index is 303. The molecule has 1 N–H and O–H groups in total. The van der Waals surface area contributed by atoms with Gasteiger partial charge in [0.25, 0.3) is 0 Å². The van der Waals surface area contributed by atoms with Crippen molar-refractivity contribution >= 4 is 5.97 Å². The van der Waals surface area contributed by atoms with Gasteiger partial charge in [-0.1, -0.05) is 0 Å². The molecule has 3 rings (SSSR count). The molecular formula is C9H13NO4. The third-order valence-corrected chi connectivity index (χ3v) is 2.97.